The first-order valence-corrected chi connectivity index (χ1v) is 6.00. The van der Waals surface area contributed by atoms with Gasteiger partial charge < -0.3 is 0 Å². The first kappa shape index (κ1) is 12.7. The van der Waals surface area contributed by atoms with Crippen LogP contribution < -0.4 is 11.3 Å². The van der Waals surface area contributed by atoms with Crippen molar-refractivity contribution < 1.29 is 0 Å². The normalized spacial score (nSPS) is 12.6. The standard InChI is InChI=1S/C12H18N6/c1-3-18-10(6-9(2)17-18)7-12(16-13)11-4-5-14-8-15-11/h4-6,8,12,16H,3,7,13H2,1-2H3. The first-order valence-electron chi connectivity index (χ1n) is 6.00. The number of nitrogens with one attached hydrogen (secondary N) is 1. The Labute approximate surface area is 106 Å². The lowest BCUT2D eigenvalue weighted by atomic mass is 10.1. The van der Waals surface area contributed by atoms with E-state index in [1.807, 2.05) is 17.7 Å². The quantitative estimate of drug-likeness (QED) is 0.601. The van der Waals surface area contributed by atoms with Gasteiger partial charge in [-0.1, -0.05) is 0 Å². The van der Waals surface area contributed by atoms with Crippen molar-refractivity contribution in [2.24, 2.45) is 5.84 Å². The number of nitrogens with zero attached hydrogens (tertiary/aromatic N) is 4. The van der Waals surface area contributed by atoms with Gasteiger partial charge in [0.05, 0.1) is 17.4 Å². The Kier molecular flexibility index (Phi) is 4.01. The number of rotatable bonds is 5. The van der Waals surface area contributed by atoms with E-state index in [0.29, 0.717) is 0 Å². The number of aryl methyl sites for hydroxylation is 2. The fraction of sp³-hybridized carbons (Fsp3) is 0.417. The molecule has 0 aliphatic heterocycles. The fourth-order valence-electron chi connectivity index (χ4n) is 2.00. The molecule has 2 aromatic heterocycles. The predicted molar refractivity (Wildman–Crippen MR) is 68.4 cm³/mol. The highest BCUT2D eigenvalue weighted by Gasteiger charge is 2.15. The smallest absolute Gasteiger partial charge is 0.115 e. The Morgan fingerprint density at radius 3 is 2.94 bits per heavy atom. The lowest BCUT2D eigenvalue weighted by Gasteiger charge is -2.15. The summed E-state index contributed by atoms with van der Waals surface area (Å²) in [6.07, 6.45) is 4.00. The van der Waals surface area contributed by atoms with Crippen LogP contribution >= 0.6 is 0 Å². The number of hydrazine groups is 1. The Morgan fingerprint density at radius 1 is 1.50 bits per heavy atom. The van der Waals surface area contributed by atoms with Gasteiger partial charge in [0.2, 0.25) is 0 Å². The largest absolute Gasteiger partial charge is 0.271 e. The third-order valence-corrected chi connectivity index (χ3v) is 2.86. The maximum absolute atomic E-state index is 5.61. The van der Waals surface area contributed by atoms with Crippen LogP contribution in [0.15, 0.2) is 24.7 Å². The lowest BCUT2D eigenvalue weighted by Crippen LogP contribution is -2.30. The summed E-state index contributed by atoms with van der Waals surface area (Å²) < 4.78 is 1.99. The monoisotopic (exact) mass is 246 g/mol. The van der Waals surface area contributed by atoms with Crippen LogP contribution in [0.4, 0.5) is 0 Å². The van der Waals surface area contributed by atoms with E-state index in [1.54, 1.807) is 6.20 Å². The average molecular weight is 246 g/mol. The molecule has 2 rings (SSSR count). The van der Waals surface area contributed by atoms with Crippen molar-refractivity contribution in [1.82, 2.24) is 25.2 Å². The average Bonchev–Trinajstić information content (AvgIpc) is 2.77. The van der Waals surface area contributed by atoms with Crippen LogP contribution in [0.3, 0.4) is 0 Å². The molecule has 0 fully saturated rings. The molecular weight excluding hydrogens is 228 g/mol. The van der Waals surface area contributed by atoms with E-state index >= 15 is 0 Å². The molecule has 0 amide bonds. The molecule has 0 bridgehead atoms. The fourth-order valence-corrected chi connectivity index (χ4v) is 2.00. The van der Waals surface area contributed by atoms with Crippen LogP contribution in [-0.4, -0.2) is 19.7 Å². The van der Waals surface area contributed by atoms with E-state index in [9.17, 15) is 0 Å². The van der Waals surface area contributed by atoms with Crippen LogP contribution in [0.25, 0.3) is 0 Å². The van der Waals surface area contributed by atoms with Gasteiger partial charge in [-0.15, -0.1) is 0 Å². The van der Waals surface area contributed by atoms with Gasteiger partial charge in [0.1, 0.15) is 6.33 Å². The van der Waals surface area contributed by atoms with Crippen LogP contribution in [-0.2, 0) is 13.0 Å². The summed E-state index contributed by atoms with van der Waals surface area (Å²) in [6.45, 7) is 4.92. The number of hydrogen-bond acceptors (Lipinski definition) is 5. The van der Waals surface area contributed by atoms with Gasteiger partial charge >= 0.3 is 0 Å². The maximum atomic E-state index is 5.61. The molecule has 1 atom stereocenters. The van der Waals surface area contributed by atoms with E-state index in [0.717, 1.165) is 30.0 Å². The molecule has 0 spiro atoms. The predicted octanol–water partition coefficient (Wildman–Crippen LogP) is 0.749. The molecule has 18 heavy (non-hydrogen) atoms. The van der Waals surface area contributed by atoms with E-state index in [-0.39, 0.29) is 6.04 Å². The number of aromatic nitrogens is 4. The van der Waals surface area contributed by atoms with E-state index in [1.165, 1.54) is 6.33 Å². The van der Waals surface area contributed by atoms with Crippen molar-refractivity contribution in [2.75, 3.05) is 0 Å². The minimum absolute atomic E-state index is 0.0330. The van der Waals surface area contributed by atoms with Gasteiger partial charge in [0.15, 0.2) is 0 Å². The molecule has 0 radical (unpaired) electrons. The van der Waals surface area contributed by atoms with Crippen molar-refractivity contribution >= 4 is 0 Å². The minimum Gasteiger partial charge on any atom is -0.271 e. The molecule has 0 saturated heterocycles. The van der Waals surface area contributed by atoms with Gasteiger partial charge in [0.25, 0.3) is 0 Å². The summed E-state index contributed by atoms with van der Waals surface area (Å²) >= 11 is 0. The molecule has 96 valence electrons. The Balaban J connectivity index is 2.20. The molecule has 3 N–H and O–H groups in total. The highest BCUT2D eigenvalue weighted by atomic mass is 15.3. The van der Waals surface area contributed by atoms with Gasteiger partial charge in [-0.25, -0.2) is 9.97 Å². The molecule has 0 aliphatic rings. The third-order valence-electron chi connectivity index (χ3n) is 2.86. The van der Waals surface area contributed by atoms with Gasteiger partial charge in [-0.2, -0.15) is 5.10 Å². The van der Waals surface area contributed by atoms with Crippen molar-refractivity contribution in [3.05, 3.63) is 41.7 Å². The SMILES string of the molecule is CCn1nc(C)cc1CC(NN)c1ccncn1. The molecule has 2 heterocycles. The van der Waals surface area contributed by atoms with Gasteiger partial charge in [-0.3, -0.25) is 16.0 Å². The van der Waals surface area contributed by atoms with Crippen molar-refractivity contribution in [1.29, 1.82) is 0 Å². The molecule has 6 nitrogen and oxygen atoms in total. The second-order valence-corrected chi connectivity index (χ2v) is 4.15. The molecule has 2 aromatic rings. The Morgan fingerprint density at radius 2 is 2.33 bits per heavy atom. The Hall–Kier alpha value is -1.79. The Bertz CT molecular complexity index is 493. The number of nitrogens with two attached hydrogens (primary N) is 1. The van der Waals surface area contributed by atoms with Crippen molar-refractivity contribution in [3.8, 4) is 0 Å². The molecular formula is C12H18N6. The second-order valence-electron chi connectivity index (χ2n) is 4.15. The van der Waals surface area contributed by atoms with Gasteiger partial charge in [0, 0.05) is 24.9 Å². The molecule has 0 saturated carbocycles. The van der Waals surface area contributed by atoms with Crippen LogP contribution in [0, 0.1) is 6.92 Å². The molecule has 0 aromatic carbocycles. The summed E-state index contributed by atoms with van der Waals surface area (Å²) in [5.41, 5.74) is 5.85. The summed E-state index contributed by atoms with van der Waals surface area (Å²) in [4.78, 5) is 8.13. The van der Waals surface area contributed by atoms with Crippen LogP contribution in [0.2, 0.25) is 0 Å². The van der Waals surface area contributed by atoms with E-state index < -0.39 is 0 Å². The summed E-state index contributed by atoms with van der Waals surface area (Å²) in [6, 6.07) is 3.91. The highest BCUT2D eigenvalue weighted by molar-refractivity contribution is 5.14. The summed E-state index contributed by atoms with van der Waals surface area (Å²) in [7, 11) is 0. The topological polar surface area (TPSA) is 81.7 Å². The summed E-state index contributed by atoms with van der Waals surface area (Å²) in [5, 5.41) is 4.43. The molecule has 6 heteroatoms. The minimum atomic E-state index is -0.0330. The molecule has 1 unspecified atom stereocenters. The number of hydrogen-bond donors (Lipinski definition) is 2. The van der Waals surface area contributed by atoms with Gasteiger partial charge in [-0.05, 0) is 26.0 Å². The zero-order chi connectivity index (χ0) is 13.0. The summed E-state index contributed by atoms with van der Waals surface area (Å²) in [5.74, 6) is 5.61. The maximum Gasteiger partial charge on any atom is 0.115 e. The zero-order valence-electron chi connectivity index (χ0n) is 10.7. The highest BCUT2D eigenvalue weighted by Crippen LogP contribution is 2.16. The lowest BCUT2D eigenvalue weighted by molar-refractivity contribution is 0.506. The molecule has 0 aliphatic carbocycles. The second kappa shape index (κ2) is 5.70. The zero-order valence-corrected chi connectivity index (χ0v) is 10.7. The van der Waals surface area contributed by atoms with Crippen LogP contribution in [0.5, 0.6) is 0 Å². The first-order chi connectivity index (χ1) is 8.74. The van der Waals surface area contributed by atoms with E-state index in [4.69, 9.17) is 5.84 Å². The van der Waals surface area contributed by atoms with Crippen LogP contribution in [0.1, 0.15) is 30.0 Å². The van der Waals surface area contributed by atoms with Crippen molar-refractivity contribution in [3.63, 3.8) is 0 Å². The van der Waals surface area contributed by atoms with E-state index in [2.05, 4.69) is 33.5 Å². The third kappa shape index (κ3) is 2.72. The van der Waals surface area contributed by atoms with Crippen molar-refractivity contribution in [2.45, 2.75) is 32.9 Å².